The van der Waals surface area contributed by atoms with Gasteiger partial charge in [0.1, 0.15) is 11.7 Å². The Labute approximate surface area is 110 Å². The van der Waals surface area contributed by atoms with E-state index in [1.54, 1.807) is 0 Å². The predicted octanol–water partition coefficient (Wildman–Crippen LogP) is 3.26. The second-order valence-corrected chi connectivity index (χ2v) is 4.56. The fraction of sp³-hybridized carbons (Fsp3) is 0.533. The summed E-state index contributed by atoms with van der Waals surface area (Å²) in [6, 6.07) is 0. The van der Waals surface area contributed by atoms with E-state index in [1.807, 2.05) is 13.0 Å². The Balaban J connectivity index is 4.12. The molecule has 0 saturated heterocycles. The normalized spacial score (nSPS) is 13.0. The van der Waals surface area contributed by atoms with Crippen molar-refractivity contribution in [2.24, 2.45) is 5.92 Å². The highest BCUT2D eigenvalue weighted by Crippen LogP contribution is 2.17. The van der Waals surface area contributed by atoms with Gasteiger partial charge in [0.25, 0.3) is 0 Å². The largest absolute Gasteiger partial charge is 0.468 e. The number of carbonyl (C=O) groups is 2. The van der Waals surface area contributed by atoms with Crippen molar-refractivity contribution in [2.45, 2.75) is 39.5 Å². The minimum absolute atomic E-state index is 0.150. The molecule has 1 atom stereocenters. The van der Waals surface area contributed by atoms with E-state index in [0.29, 0.717) is 12.8 Å². The molecule has 1 radical (unpaired) electrons. The van der Waals surface area contributed by atoms with Crippen LogP contribution in [0.15, 0.2) is 23.8 Å². The van der Waals surface area contributed by atoms with Crippen molar-refractivity contribution in [3.63, 3.8) is 0 Å². The lowest BCUT2D eigenvalue weighted by Gasteiger charge is -2.12. The molecule has 0 amide bonds. The molecule has 0 heterocycles. The van der Waals surface area contributed by atoms with Crippen LogP contribution in [0.25, 0.3) is 0 Å². The van der Waals surface area contributed by atoms with Gasteiger partial charge in [-0.1, -0.05) is 23.8 Å². The van der Waals surface area contributed by atoms with E-state index in [2.05, 4.69) is 18.2 Å². The van der Waals surface area contributed by atoms with Gasteiger partial charge >= 0.3 is 5.97 Å². The Kier molecular flexibility index (Phi) is 8.01. The van der Waals surface area contributed by atoms with Gasteiger partial charge in [0, 0.05) is 0 Å². The van der Waals surface area contributed by atoms with Crippen molar-refractivity contribution >= 4 is 11.8 Å². The van der Waals surface area contributed by atoms with E-state index in [1.165, 1.54) is 14.0 Å². The average molecular weight is 251 g/mol. The maximum atomic E-state index is 11.4. The third-order valence-corrected chi connectivity index (χ3v) is 2.75. The summed E-state index contributed by atoms with van der Waals surface area (Å²) in [7, 11) is 1.30. The van der Waals surface area contributed by atoms with Crippen LogP contribution in [0, 0.1) is 12.8 Å². The minimum Gasteiger partial charge on any atom is -0.468 e. The number of hydrogen-bond donors (Lipinski definition) is 0. The van der Waals surface area contributed by atoms with E-state index >= 15 is 0 Å². The predicted molar refractivity (Wildman–Crippen MR) is 72.9 cm³/mol. The van der Waals surface area contributed by atoms with E-state index in [9.17, 15) is 9.59 Å². The molecule has 0 aromatic carbocycles. The van der Waals surface area contributed by atoms with Crippen LogP contribution in [0.5, 0.6) is 0 Å². The lowest BCUT2D eigenvalue weighted by atomic mass is 9.95. The first kappa shape index (κ1) is 16.6. The summed E-state index contributed by atoms with van der Waals surface area (Å²) in [6.07, 6.45) is 4.96. The summed E-state index contributed by atoms with van der Waals surface area (Å²) in [4.78, 5) is 22.7. The molecule has 0 fully saturated rings. The van der Waals surface area contributed by atoms with Gasteiger partial charge in [0.15, 0.2) is 0 Å². The van der Waals surface area contributed by atoms with Crippen LogP contribution in [0.2, 0.25) is 0 Å². The SMILES string of the molecule is [CH2]C(C)=CCCC(=C)CCC(C(C)=O)C(=O)OC. The van der Waals surface area contributed by atoms with Crippen molar-refractivity contribution in [2.75, 3.05) is 7.11 Å². The number of allylic oxidation sites excluding steroid dienone is 3. The maximum absolute atomic E-state index is 11.4. The van der Waals surface area contributed by atoms with E-state index in [-0.39, 0.29) is 5.78 Å². The van der Waals surface area contributed by atoms with E-state index in [0.717, 1.165) is 24.0 Å². The molecule has 101 valence electrons. The molecule has 18 heavy (non-hydrogen) atoms. The molecule has 0 aliphatic rings. The Morgan fingerprint density at radius 1 is 1.28 bits per heavy atom. The highest BCUT2D eigenvalue weighted by molar-refractivity contribution is 5.97. The molecule has 0 aromatic rings. The maximum Gasteiger partial charge on any atom is 0.316 e. The highest BCUT2D eigenvalue weighted by Gasteiger charge is 2.23. The van der Waals surface area contributed by atoms with Crippen LogP contribution >= 0.6 is 0 Å². The molecular weight excluding hydrogens is 228 g/mol. The molecular formula is C15H23O3. The van der Waals surface area contributed by atoms with Crippen molar-refractivity contribution in [3.8, 4) is 0 Å². The number of ketones is 1. The zero-order valence-electron chi connectivity index (χ0n) is 11.6. The summed E-state index contributed by atoms with van der Waals surface area (Å²) >= 11 is 0. The van der Waals surface area contributed by atoms with Crippen molar-refractivity contribution in [3.05, 3.63) is 30.7 Å². The molecule has 0 saturated carbocycles. The first-order chi connectivity index (χ1) is 8.38. The number of carbonyl (C=O) groups excluding carboxylic acids is 2. The zero-order valence-corrected chi connectivity index (χ0v) is 11.6. The second-order valence-electron chi connectivity index (χ2n) is 4.56. The van der Waals surface area contributed by atoms with Gasteiger partial charge in [-0.25, -0.2) is 0 Å². The van der Waals surface area contributed by atoms with Gasteiger partial charge < -0.3 is 4.74 Å². The van der Waals surface area contributed by atoms with Gasteiger partial charge in [-0.2, -0.15) is 0 Å². The number of hydrogen-bond acceptors (Lipinski definition) is 3. The number of ether oxygens (including phenoxy) is 1. The number of rotatable bonds is 8. The molecule has 3 nitrogen and oxygen atoms in total. The van der Waals surface area contributed by atoms with Crippen LogP contribution in [0.4, 0.5) is 0 Å². The minimum atomic E-state index is -0.656. The quantitative estimate of drug-likeness (QED) is 0.378. The van der Waals surface area contributed by atoms with Gasteiger partial charge in [-0.15, -0.1) is 0 Å². The Hall–Kier alpha value is -1.38. The molecule has 0 aliphatic heterocycles. The third-order valence-electron chi connectivity index (χ3n) is 2.75. The van der Waals surface area contributed by atoms with Crippen LogP contribution in [-0.4, -0.2) is 18.9 Å². The standard InChI is InChI=1S/C15H23O3/c1-11(2)7-6-8-12(3)9-10-14(13(4)16)15(17)18-5/h7,14H,1,3,6,8-10H2,2,4-5H3. The molecule has 0 bridgehead atoms. The summed E-state index contributed by atoms with van der Waals surface area (Å²) in [6.45, 7) is 11.1. The van der Waals surface area contributed by atoms with Crippen LogP contribution in [0.3, 0.4) is 0 Å². The summed E-state index contributed by atoms with van der Waals surface area (Å²) < 4.78 is 4.61. The monoisotopic (exact) mass is 251 g/mol. The summed E-state index contributed by atoms with van der Waals surface area (Å²) in [5.41, 5.74) is 2.08. The number of methoxy groups -OCH3 is 1. The third kappa shape index (κ3) is 7.05. The van der Waals surface area contributed by atoms with Gasteiger partial charge in [0.2, 0.25) is 0 Å². The van der Waals surface area contributed by atoms with Crippen LogP contribution < -0.4 is 0 Å². The average Bonchev–Trinajstić information content (AvgIpc) is 2.27. The molecule has 0 rings (SSSR count). The number of Topliss-reactive ketones (excluding diaryl/α,β-unsaturated/α-hetero) is 1. The molecule has 0 N–H and O–H groups in total. The molecule has 0 aromatic heterocycles. The molecule has 0 spiro atoms. The fourth-order valence-electron chi connectivity index (χ4n) is 1.63. The van der Waals surface area contributed by atoms with E-state index < -0.39 is 11.9 Å². The molecule has 0 aliphatic carbocycles. The Morgan fingerprint density at radius 3 is 2.33 bits per heavy atom. The van der Waals surface area contributed by atoms with Crippen molar-refractivity contribution in [1.29, 1.82) is 0 Å². The fourth-order valence-corrected chi connectivity index (χ4v) is 1.63. The van der Waals surface area contributed by atoms with Gasteiger partial charge in [0.05, 0.1) is 7.11 Å². The first-order valence-electron chi connectivity index (χ1n) is 6.12. The first-order valence-corrected chi connectivity index (χ1v) is 6.12. The van der Waals surface area contributed by atoms with Gasteiger partial charge in [-0.3, -0.25) is 9.59 Å². The van der Waals surface area contributed by atoms with Crippen LogP contribution in [0.1, 0.15) is 39.5 Å². The number of esters is 1. The second kappa shape index (κ2) is 8.67. The highest BCUT2D eigenvalue weighted by atomic mass is 16.5. The lowest BCUT2D eigenvalue weighted by Crippen LogP contribution is -2.23. The van der Waals surface area contributed by atoms with Crippen molar-refractivity contribution in [1.82, 2.24) is 0 Å². The molecule has 1 unspecified atom stereocenters. The Bertz CT molecular complexity index is 336. The lowest BCUT2D eigenvalue weighted by molar-refractivity contribution is -0.149. The van der Waals surface area contributed by atoms with Crippen molar-refractivity contribution < 1.29 is 14.3 Å². The summed E-state index contributed by atoms with van der Waals surface area (Å²) in [5.74, 6) is -1.26. The van der Waals surface area contributed by atoms with Gasteiger partial charge in [-0.05, 0) is 46.5 Å². The van der Waals surface area contributed by atoms with Crippen LogP contribution in [-0.2, 0) is 14.3 Å². The summed E-state index contributed by atoms with van der Waals surface area (Å²) in [5, 5.41) is 0. The zero-order chi connectivity index (χ0) is 14.1. The van der Waals surface area contributed by atoms with E-state index in [4.69, 9.17) is 0 Å². The Morgan fingerprint density at radius 2 is 1.89 bits per heavy atom. The topological polar surface area (TPSA) is 43.4 Å². The smallest absolute Gasteiger partial charge is 0.316 e. The molecule has 3 heteroatoms.